The van der Waals surface area contributed by atoms with E-state index in [0.29, 0.717) is 11.5 Å². The number of benzene rings is 1. The Kier molecular flexibility index (Phi) is 4.49. The van der Waals surface area contributed by atoms with Gasteiger partial charge in [0.2, 0.25) is 0 Å². The molecule has 0 aliphatic rings. The largest absolute Gasteiger partial charge is 0.484 e. The topological polar surface area (TPSA) is 63.8 Å². The number of furan rings is 1. The number of hydrogen-bond donors (Lipinski definition) is 1. The average Bonchev–Trinajstić information content (AvgIpc) is 2.84. The molecule has 104 valence electrons. The number of nitrogens with zero attached hydrogens (tertiary/aromatic N) is 1. The maximum Gasteiger partial charge on any atom is 0.277 e. The molecule has 1 heterocycles. The third-order valence-corrected chi connectivity index (χ3v) is 2.33. The van der Waals surface area contributed by atoms with E-state index in [2.05, 4.69) is 10.5 Å². The van der Waals surface area contributed by atoms with Crippen LogP contribution in [-0.4, -0.2) is 18.7 Å². The van der Waals surface area contributed by atoms with Crippen LogP contribution >= 0.6 is 0 Å². The molecule has 0 radical (unpaired) electrons. The Morgan fingerprint density at radius 3 is 2.75 bits per heavy atom. The standard InChI is InChI=1S/C14H13FN2O3/c1-10-2-5-13(20-10)8-16-17-14(18)9-19-12-6-3-11(15)4-7-12/h2-8H,9H2,1H3,(H,17,18)/b16-8-. The van der Waals surface area contributed by atoms with Crippen molar-refractivity contribution in [3.8, 4) is 5.75 Å². The van der Waals surface area contributed by atoms with Crippen LogP contribution in [0, 0.1) is 12.7 Å². The van der Waals surface area contributed by atoms with Crippen LogP contribution < -0.4 is 10.2 Å². The average molecular weight is 276 g/mol. The molecular weight excluding hydrogens is 263 g/mol. The van der Waals surface area contributed by atoms with Gasteiger partial charge in [0, 0.05) is 0 Å². The van der Waals surface area contributed by atoms with Crippen LogP contribution in [0.4, 0.5) is 4.39 Å². The molecule has 0 saturated heterocycles. The van der Waals surface area contributed by atoms with E-state index >= 15 is 0 Å². The van der Waals surface area contributed by atoms with Crippen molar-refractivity contribution in [2.75, 3.05) is 6.61 Å². The second kappa shape index (κ2) is 6.51. The molecule has 5 nitrogen and oxygen atoms in total. The molecule has 0 spiro atoms. The number of halogens is 1. The maximum absolute atomic E-state index is 12.7. The van der Waals surface area contributed by atoms with Gasteiger partial charge < -0.3 is 9.15 Å². The number of carbonyl (C=O) groups is 1. The number of ether oxygens (including phenoxy) is 1. The van der Waals surface area contributed by atoms with E-state index in [-0.39, 0.29) is 12.4 Å². The first-order chi connectivity index (χ1) is 9.63. The summed E-state index contributed by atoms with van der Waals surface area (Å²) in [6.07, 6.45) is 1.39. The van der Waals surface area contributed by atoms with E-state index in [1.807, 2.05) is 6.92 Å². The predicted molar refractivity (Wildman–Crippen MR) is 71.1 cm³/mol. The lowest BCUT2D eigenvalue weighted by atomic mass is 10.3. The van der Waals surface area contributed by atoms with Crippen molar-refractivity contribution >= 4 is 12.1 Å². The Morgan fingerprint density at radius 2 is 2.10 bits per heavy atom. The summed E-state index contributed by atoms with van der Waals surface area (Å²) in [5.74, 6) is 0.931. The molecule has 0 atom stereocenters. The second-order valence-electron chi connectivity index (χ2n) is 3.98. The van der Waals surface area contributed by atoms with Gasteiger partial charge in [0.05, 0.1) is 6.21 Å². The van der Waals surface area contributed by atoms with E-state index in [0.717, 1.165) is 5.76 Å². The van der Waals surface area contributed by atoms with E-state index in [1.165, 1.54) is 30.5 Å². The van der Waals surface area contributed by atoms with E-state index in [4.69, 9.17) is 9.15 Å². The molecule has 20 heavy (non-hydrogen) atoms. The van der Waals surface area contributed by atoms with Crippen molar-refractivity contribution in [1.82, 2.24) is 5.43 Å². The maximum atomic E-state index is 12.7. The van der Waals surface area contributed by atoms with Crippen molar-refractivity contribution in [2.24, 2.45) is 5.10 Å². The SMILES string of the molecule is Cc1ccc(/C=N\NC(=O)COc2ccc(F)cc2)o1. The molecule has 1 aromatic heterocycles. The predicted octanol–water partition coefficient (Wildman–Crippen LogP) is 2.26. The van der Waals surface area contributed by atoms with Crippen LogP contribution in [0.15, 0.2) is 45.9 Å². The summed E-state index contributed by atoms with van der Waals surface area (Å²) in [5, 5.41) is 3.72. The number of rotatable bonds is 5. The molecule has 0 bridgehead atoms. The Labute approximate surface area is 115 Å². The highest BCUT2D eigenvalue weighted by molar-refractivity contribution is 5.81. The quantitative estimate of drug-likeness (QED) is 0.673. The summed E-state index contributed by atoms with van der Waals surface area (Å²) in [6, 6.07) is 8.92. The minimum absolute atomic E-state index is 0.208. The zero-order valence-corrected chi connectivity index (χ0v) is 10.8. The summed E-state index contributed by atoms with van der Waals surface area (Å²) in [6.45, 7) is 1.60. The van der Waals surface area contributed by atoms with Crippen molar-refractivity contribution in [2.45, 2.75) is 6.92 Å². The third-order valence-electron chi connectivity index (χ3n) is 2.33. The first-order valence-electron chi connectivity index (χ1n) is 5.90. The Balaban J connectivity index is 1.75. The first-order valence-corrected chi connectivity index (χ1v) is 5.90. The molecule has 0 aliphatic carbocycles. The molecular formula is C14H13FN2O3. The van der Waals surface area contributed by atoms with Gasteiger partial charge in [0.25, 0.3) is 5.91 Å². The van der Waals surface area contributed by atoms with Gasteiger partial charge in [-0.3, -0.25) is 4.79 Å². The lowest BCUT2D eigenvalue weighted by molar-refractivity contribution is -0.123. The Morgan fingerprint density at radius 1 is 1.35 bits per heavy atom. The highest BCUT2D eigenvalue weighted by Gasteiger charge is 2.01. The fraction of sp³-hybridized carbons (Fsp3) is 0.143. The number of amides is 1. The summed E-state index contributed by atoms with van der Waals surface area (Å²) in [4.78, 5) is 11.4. The van der Waals surface area contributed by atoms with Gasteiger partial charge >= 0.3 is 0 Å². The van der Waals surface area contributed by atoms with Gasteiger partial charge in [-0.15, -0.1) is 0 Å². The molecule has 1 aromatic carbocycles. The number of carbonyl (C=O) groups excluding carboxylic acids is 1. The Bertz CT molecular complexity index is 605. The molecule has 0 unspecified atom stereocenters. The molecule has 1 N–H and O–H groups in total. The van der Waals surface area contributed by atoms with Crippen LogP contribution in [0.5, 0.6) is 5.75 Å². The molecule has 0 fully saturated rings. The van der Waals surface area contributed by atoms with Crippen molar-refractivity contribution in [3.63, 3.8) is 0 Å². The van der Waals surface area contributed by atoms with Crippen molar-refractivity contribution in [3.05, 3.63) is 53.7 Å². The summed E-state index contributed by atoms with van der Waals surface area (Å²) < 4.78 is 23.0. The van der Waals surface area contributed by atoms with Crippen LogP contribution in [0.1, 0.15) is 11.5 Å². The van der Waals surface area contributed by atoms with Crippen molar-refractivity contribution in [1.29, 1.82) is 0 Å². The van der Waals surface area contributed by atoms with E-state index in [1.54, 1.807) is 12.1 Å². The summed E-state index contributed by atoms with van der Waals surface area (Å²) in [5.41, 5.74) is 2.29. The van der Waals surface area contributed by atoms with Crippen LogP contribution in [0.2, 0.25) is 0 Å². The number of hydrazone groups is 1. The first kappa shape index (κ1) is 13.8. The normalized spacial score (nSPS) is 10.7. The number of hydrogen-bond acceptors (Lipinski definition) is 4. The highest BCUT2D eigenvalue weighted by Crippen LogP contribution is 2.10. The summed E-state index contributed by atoms with van der Waals surface area (Å²) in [7, 11) is 0. The molecule has 2 aromatic rings. The zero-order chi connectivity index (χ0) is 14.4. The second-order valence-corrected chi connectivity index (χ2v) is 3.98. The van der Waals surface area contributed by atoms with Crippen LogP contribution in [0.25, 0.3) is 0 Å². The molecule has 6 heteroatoms. The van der Waals surface area contributed by atoms with E-state index in [9.17, 15) is 9.18 Å². The fourth-order valence-electron chi connectivity index (χ4n) is 1.40. The van der Waals surface area contributed by atoms with E-state index < -0.39 is 5.91 Å². The van der Waals surface area contributed by atoms with Gasteiger partial charge in [-0.05, 0) is 43.3 Å². The fourth-order valence-corrected chi connectivity index (χ4v) is 1.40. The zero-order valence-electron chi connectivity index (χ0n) is 10.8. The van der Waals surface area contributed by atoms with Crippen LogP contribution in [0.3, 0.4) is 0 Å². The van der Waals surface area contributed by atoms with Gasteiger partial charge in [-0.2, -0.15) is 5.10 Å². The van der Waals surface area contributed by atoms with Gasteiger partial charge in [0.1, 0.15) is 23.1 Å². The monoisotopic (exact) mass is 276 g/mol. The highest BCUT2D eigenvalue weighted by atomic mass is 19.1. The smallest absolute Gasteiger partial charge is 0.277 e. The van der Waals surface area contributed by atoms with Gasteiger partial charge in [0.15, 0.2) is 6.61 Å². The molecule has 0 aliphatic heterocycles. The van der Waals surface area contributed by atoms with Gasteiger partial charge in [-0.25, -0.2) is 9.82 Å². The minimum atomic E-state index is -0.422. The minimum Gasteiger partial charge on any atom is -0.484 e. The molecule has 1 amide bonds. The molecule has 0 saturated carbocycles. The lowest BCUT2D eigenvalue weighted by Crippen LogP contribution is -2.24. The number of nitrogens with one attached hydrogen (secondary N) is 1. The number of aryl methyl sites for hydroxylation is 1. The van der Waals surface area contributed by atoms with Crippen molar-refractivity contribution < 1.29 is 18.3 Å². The van der Waals surface area contributed by atoms with Gasteiger partial charge in [-0.1, -0.05) is 0 Å². The molecule has 2 rings (SSSR count). The lowest BCUT2D eigenvalue weighted by Gasteiger charge is -2.04. The Hall–Kier alpha value is -2.63. The third kappa shape index (κ3) is 4.24. The van der Waals surface area contributed by atoms with Crippen LogP contribution in [-0.2, 0) is 4.79 Å². The summed E-state index contributed by atoms with van der Waals surface area (Å²) >= 11 is 0.